The summed E-state index contributed by atoms with van der Waals surface area (Å²) in [5.41, 5.74) is 0. The molecule has 0 N–H and O–H groups in total. The van der Waals surface area contributed by atoms with E-state index in [1.807, 2.05) is 12.1 Å². The Labute approximate surface area is 90.8 Å². The van der Waals surface area contributed by atoms with E-state index in [4.69, 9.17) is 21.1 Å². The summed E-state index contributed by atoms with van der Waals surface area (Å²) < 4.78 is 11.0. The van der Waals surface area contributed by atoms with Gasteiger partial charge in [-0.1, -0.05) is 11.6 Å². The van der Waals surface area contributed by atoms with Gasteiger partial charge in [0.15, 0.2) is 16.7 Å². The maximum absolute atomic E-state index is 5.93. The maximum atomic E-state index is 5.93. The summed E-state index contributed by atoms with van der Waals surface area (Å²) in [6, 6.07) is 3.70. The van der Waals surface area contributed by atoms with Gasteiger partial charge in [-0.2, -0.15) is 5.10 Å². The van der Waals surface area contributed by atoms with Gasteiger partial charge in [0, 0.05) is 5.39 Å². The van der Waals surface area contributed by atoms with Gasteiger partial charge in [0.25, 0.3) is 0 Å². The van der Waals surface area contributed by atoms with E-state index in [-0.39, 0.29) is 0 Å². The van der Waals surface area contributed by atoms with Crippen LogP contribution in [-0.2, 0) is 0 Å². The molecular formula is C10H7ClN2O2. The van der Waals surface area contributed by atoms with Gasteiger partial charge in [0.05, 0.1) is 11.6 Å². The van der Waals surface area contributed by atoms with Gasteiger partial charge in [-0.15, -0.1) is 5.10 Å². The van der Waals surface area contributed by atoms with Crippen molar-refractivity contribution in [2.45, 2.75) is 0 Å². The minimum atomic E-state index is 0.379. The fraction of sp³-hybridized carbons (Fsp3) is 0.200. The van der Waals surface area contributed by atoms with Gasteiger partial charge in [-0.05, 0) is 12.1 Å². The standard InChI is InChI=1S/C10H7ClN2O2/c11-10-6-1-2-8-9(15-4-3-14-8)7(6)5-12-13-10/h1-2,5H,3-4H2. The third-order valence-corrected chi connectivity index (χ3v) is 2.58. The van der Waals surface area contributed by atoms with Gasteiger partial charge >= 0.3 is 0 Å². The highest BCUT2D eigenvalue weighted by molar-refractivity contribution is 6.34. The van der Waals surface area contributed by atoms with Crippen LogP contribution in [0.15, 0.2) is 18.3 Å². The second-order valence-electron chi connectivity index (χ2n) is 3.19. The summed E-state index contributed by atoms with van der Waals surface area (Å²) in [5, 5.41) is 9.63. The zero-order chi connectivity index (χ0) is 10.3. The number of hydrogen-bond acceptors (Lipinski definition) is 4. The Morgan fingerprint density at radius 3 is 2.93 bits per heavy atom. The highest BCUT2D eigenvalue weighted by Gasteiger charge is 2.16. The number of fused-ring (bicyclic) bond motifs is 3. The molecule has 76 valence electrons. The summed E-state index contributed by atoms with van der Waals surface area (Å²) in [5.74, 6) is 1.44. The molecule has 1 aromatic carbocycles. The highest BCUT2D eigenvalue weighted by atomic mass is 35.5. The molecule has 0 saturated carbocycles. The summed E-state index contributed by atoms with van der Waals surface area (Å²) in [7, 11) is 0. The zero-order valence-corrected chi connectivity index (χ0v) is 8.49. The van der Waals surface area contributed by atoms with Crippen LogP contribution in [0.5, 0.6) is 11.5 Å². The minimum absolute atomic E-state index is 0.379. The van der Waals surface area contributed by atoms with Gasteiger partial charge in [0.1, 0.15) is 13.2 Å². The largest absolute Gasteiger partial charge is 0.486 e. The molecule has 5 heteroatoms. The third kappa shape index (κ3) is 1.29. The SMILES string of the molecule is Clc1nncc2c3c(ccc12)OCCO3. The van der Waals surface area contributed by atoms with E-state index in [1.54, 1.807) is 6.20 Å². The van der Waals surface area contributed by atoms with Crippen LogP contribution in [0.25, 0.3) is 10.8 Å². The van der Waals surface area contributed by atoms with Gasteiger partial charge < -0.3 is 9.47 Å². The summed E-state index contributed by atoms with van der Waals surface area (Å²) in [6.45, 7) is 1.12. The predicted octanol–water partition coefficient (Wildman–Crippen LogP) is 2.05. The first kappa shape index (κ1) is 8.73. The molecule has 0 saturated heterocycles. The number of benzene rings is 1. The Bertz CT molecular complexity index is 530. The summed E-state index contributed by atoms with van der Waals surface area (Å²) in [4.78, 5) is 0. The lowest BCUT2D eigenvalue weighted by atomic mass is 10.1. The Balaban J connectivity index is 2.36. The molecule has 15 heavy (non-hydrogen) atoms. The maximum Gasteiger partial charge on any atom is 0.170 e. The molecule has 0 bridgehead atoms. The predicted molar refractivity (Wildman–Crippen MR) is 55.5 cm³/mol. The molecular weight excluding hydrogens is 216 g/mol. The van der Waals surface area contributed by atoms with Gasteiger partial charge in [-0.25, -0.2) is 0 Å². The van der Waals surface area contributed by atoms with E-state index in [0.29, 0.717) is 24.1 Å². The number of rotatable bonds is 0. The first-order chi connectivity index (χ1) is 7.36. The fourth-order valence-electron chi connectivity index (χ4n) is 1.64. The molecule has 0 radical (unpaired) electrons. The van der Waals surface area contributed by atoms with Crippen molar-refractivity contribution in [2.24, 2.45) is 0 Å². The van der Waals surface area contributed by atoms with Crippen molar-refractivity contribution in [3.8, 4) is 11.5 Å². The molecule has 0 fully saturated rings. The Hall–Kier alpha value is -1.55. The molecule has 0 unspecified atom stereocenters. The molecule has 1 aliphatic rings. The average Bonchev–Trinajstić information content (AvgIpc) is 2.29. The van der Waals surface area contributed by atoms with Crippen molar-refractivity contribution < 1.29 is 9.47 Å². The second kappa shape index (κ2) is 3.24. The van der Waals surface area contributed by atoms with Gasteiger partial charge in [0.2, 0.25) is 0 Å². The first-order valence-corrected chi connectivity index (χ1v) is 4.93. The van der Waals surface area contributed by atoms with E-state index in [2.05, 4.69) is 10.2 Å². The van der Waals surface area contributed by atoms with Crippen LogP contribution in [0, 0.1) is 0 Å². The van der Waals surface area contributed by atoms with E-state index >= 15 is 0 Å². The van der Waals surface area contributed by atoms with Crippen LogP contribution in [0.4, 0.5) is 0 Å². The molecule has 0 atom stereocenters. The highest BCUT2D eigenvalue weighted by Crippen LogP contribution is 2.38. The van der Waals surface area contributed by atoms with Crippen molar-refractivity contribution in [1.29, 1.82) is 0 Å². The number of hydrogen-bond donors (Lipinski definition) is 0. The lowest BCUT2D eigenvalue weighted by Crippen LogP contribution is -2.15. The lowest BCUT2D eigenvalue weighted by molar-refractivity contribution is 0.174. The number of ether oxygens (including phenoxy) is 2. The zero-order valence-electron chi connectivity index (χ0n) is 7.74. The second-order valence-corrected chi connectivity index (χ2v) is 3.54. The number of halogens is 1. The quantitative estimate of drug-likeness (QED) is 0.684. The number of aromatic nitrogens is 2. The van der Waals surface area contributed by atoms with E-state index in [0.717, 1.165) is 16.5 Å². The van der Waals surface area contributed by atoms with Crippen molar-refractivity contribution >= 4 is 22.4 Å². The smallest absolute Gasteiger partial charge is 0.170 e. The summed E-state index contributed by atoms with van der Waals surface area (Å²) in [6.07, 6.45) is 1.63. The Morgan fingerprint density at radius 1 is 1.13 bits per heavy atom. The van der Waals surface area contributed by atoms with Crippen LogP contribution < -0.4 is 9.47 Å². The molecule has 2 heterocycles. The molecule has 1 aromatic heterocycles. The number of nitrogens with zero attached hydrogens (tertiary/aromatic N) is 2. The average molecular weight is 223 g/mol. The van der Waals surface area contributed by atoms with E-state index in [1.165, 1.54) is 0 Å². The molecule has 4 nitrogen and oxygen atoms in total. The van der Waals surface area contributed by atoms with Crippen LogP contribution in [0.3, 0.4) is 0 Å². The third-order valence-electron chi connectivity index (χ3n) is 2.30. The molecule has 0 spiro atoms. The van der Waals surface area contributed by atoms with E-state index < -0.39 is 0 Å². The van der Waals surface area contributed by atoms with Crippen molar-refractivity contribution in [2.75, 3.05) is 13.2 Å². The van der Waals surface area contributed by atoms with E-state index in [9.17, 15) is 0 Å². The van der Waals surface area contributed by atoms with Crippen LogP contribution in [0.1, 0.15) is 0 Å². The molecule has 2 aromatic rings. The molecule has 1 aliphatic heterocycles. The molecule has 3 rings (SSSR count). The molecule has 0 aliphatic carbocycles. The lowest BCUT2D eigenvalue weighted by Gasteiger charge is -2.19. The minimum Gasteiger partial charge on any atom is -0.486 e. The van der Waals surface area contributed by atoms with Crippen molar-refractivity contribution in [1.82, 2.24) is 10.2 Å². The topological polar surface area (TPSA) is 44.2 Å². The van der Waals surface area contributed by atoms with Gasteiger partial charge in [-0.3, -0.25) is 0 Å². The Kier molecular flexibility index (Phi) is 1.89. The molecule has 0 amide bonds. The van der Waals surface area contributed by atoms with Crippen LogP contribution >= 0.6 is 11.6 Å². The Morgan fingerprint density at radius 2 is 2.00 bits per heavy atom. The van der Waals surface area contributed by atoms with Crippen LogP contribution in [0.2, 0.25) is 5.15 Å². The summed E-state index contributed by atoms with van der Waals surface area (Å²) >= 11 is 5.93. The first-order valence-electron chi connectivity index (χ1n) is 4.56. The van der Waals surface area contributed by atoms with Crippen molar-refractivity contribution in [3.05, 3.63) is 23.5 Å². The monoisotopic (exact) mass is 222 g/mol. The normalized spacial score (nSPS) is 14.2. The van der Waals surface area contributed by atoms with Crippen molar-refractivity contribution in [3.63, 3.8) is 0 Å². The fourth-order valence-corrected chi connectivity index (χ4v) is 1.85. The van der Waals surface area contributed by atoms with Crippen LogP contribution in [-0.4, -0.2) is 23.4 Å².